The number of fused-ring (bicyclic) bond motifs is 1. The van der Waals surface area contributed by atoms with E-state index >= 15 is 0 Å². The van der Waals surface area contributed by atoms with E-state index < -0.39 is 0 Å². The number of methoxy groups -OCH3 is 1. The van der Waals surface area contributed by atoms with Crippen LogP contribution in [0, 0.1) is 5.92 Å². The number of nitrogens with one attached hydrogen (secondary N) is 1. The van der Waals surface area contributed by atoms with E-state index in [9.17, 15) is 0 Å². The number of hydrogen-bond donors (Lipinski definition) is 2. The molecule has 0 aliphatic rings. The van der Waals surface area contributed by atoms with Crippen molar-refractivity contribution in [3.05, 3.63) is 23.9 Å². The summed E-state index contributed by atoms with van der Waals surface area (Å²) in [6, 6.07) is 5.83. The number of ether oxygens (including phenoxy) is 1. The van der Waals surface area contributed by atoms with Crippen molar-refractivity contribution in [1.82, 2.24) is 10.2 Å². The molecule has 0 spiro atoms. The number of hydrogen-bond acceptors (Lipinski definition) is 3. The lowest BCUT2D eigenvalue weighted by molar-refractivity contribution is 0.419. The van der Waals surface area contributed by atoms with Gasteiger partial charge >= 0.3 is 0 Å². The Hall–Kier alpha value is -1.55. The Labute approximate surface area is 94.8 Å². The molecule has 1 atom stereocenters. The Balaban J connectivity index is 2.57. The molecule has 0 fully saturated rings. The van der Waals surface area contributed by atoms with E-state index in [0.717, 1.165) is 22.3 Å². The molecule has 3 N–H and O–H groups in total. The maximum absolute atomic E-state index is 6.13. The van der Waals surface area contributed by atoms with Crippen LogP contribution in [0.2, 0.25) is 0 Å². The Kier molecular flexibility index (Phi) is 2.83. The molecule has 0 aliphatic carbocycles. The van der Waals surface area contributed by atoms with E-state index in [1.54, 1.807) is 7.11 Å². The van der Waals surface area contributed by atoms with Gasteiger partial charge in [-0.2, -0.15) is 5.10 Å². The standard InChI is InChI=1S/C12H17N3O/c1-7(2)10(13)12-8-5-4-6-9(16-3)11(8)14-15-12/h4-7,10H,13H2,1-3H3,(H,14,15). The quantitative estimate of drug-likeness (QED) is 0.832. The Bertz CT molecular complexity index is 490. The van der Waals surface area contributed by atoms with Gasteiger partial charge in [-0.25, -0.2) is 0 Å². The Morgan fingerprint density at radius 2 is 2.12 bits per heavy atom. The Morgan fingerprint density at radius 3 is 2.75 bits per heavy atom. The summed E-state index contributed by atoms with van der Waals surface area (Å²) >= 11 is 0. The number of para-hydroxylation sites is 1. The second kappa shape index (κ2) is 4.14. The monoisotopic (exact) mass is 219 g/mol. The lowest BCUT2D eigenvalue weighted by atomic mass is 9.99. The third kappa shape index (κ3) is 1.65. The van der Waals surface area contributed by atoms with Crippen molar-refractivity contribution >= 4 is 10.9 Å². The first kappa shape index (κ1) is 11.0. The van der Waals surface area contributed by atoms with Crippen LogP contribution in [-0.2, 0) is 0 Å². The summed E-state index contributed by atoms with van der Waals surface area (Å²) in [6.07, 6.45) is 0. The minimum absolute atomic E-state index is 0.0305. The molecule has 2 aromatic rings. The third-order valence-corrected chi connectivity index (χ3v) is 2.85. The predicted octanol–water partition coefficient (Wildman–Crippen LogP) is 2.23. The molecule has 86 valence electrons. The SMILES string of the molecule is COc1cccc2c(C(N)C(C)C)[nH]nc12. The van der Waals surface area contributed by atoms with Gasteiger partial charge in [-0.05, 0) is 12.0 Å². The molecule has 16 heavy (non-hydrogen) atoms. The maximum atomic E-state index is 6.13. The fraction of sp³-hybridized carbons (Fsp3) is 0.417. The summed E-state index contributed by atoms with van der Waals surface area (Å²) in [5.41, 5.74) is 7.95. The van der Waals surface area contributed by atoms with Crippen molar-refractivity contribution in [3.63, 3.8) is 0 Å². The van der Waals surface area contributed by atoms with Gasteiger partial charge in [0.2, 0.25) is 0 Å². The van der Waals surface area contributed by atoms with E-state index in [4.69, 9.17) is 10.5 Å². The van der Waals surface area contributed by atoms with Gasteiger partial charge in [0.05, 0.1) is 12.8 Å². The third-order valence-electron chi connectivity index (χ3n) is 2.85. The number of nitrogens with zero attached hydrogens (tertiary/aromatic N) is 1. The van der Waals surface area contributed by atoms with Crippen molar-refractivity contribution in [2.75, 3.05) is 7.11 Å². The smallest absolute Gasteiger partial charge is 0.146 e. The number of H-pyrrole nitrogens is 1. The van der Waals surface area contributed by atoms with Gasteiger partial charge in [0, 0.05) is 11.4 Å². The van der Waals surface area contributed by atoms with Crippen molar-refractivity contribution in [1.29, 1.82) is 0 Å². The fourth-order valence-corrected chi connectivity index (χ4v) is 1.78. The highest BCUT2D eigenvalue weighted by atomic mass is 16.5. The molecule has 1 heterocycles. The summed E-state index contributed by atoms with van der Waals surface area (Å²) < 4.78 is 5.26. The maximum Gasteiger partial charge on any atom is 0.146 e. The number of nitrogens with two attached hydrogens (primary N) is 1. The second-order valence-electron chi connectivity index (χ2n) is 4.26. The molecular weight excluding hydrogens is 202 g/mol. The summed E-state index contributed by atoms with van der Waals surface area (Å²) in [7, 11) is 1.64. The molecule has 0 radical (unpaired) electrons. The molecule has 1 aromatic carbocycles. The molecule has 0 aliphatic heterocycles. The lowest BCUT2D eigenvalue weighted by Crippen LogP contribution is -2.17. The summed E-state index contributed by atoms with van der Waals surface area (Å²) in [6.45, 7) is 4.19. The summed E-state index contributed by atoms with van der Waals surface area (Å²) in [5.74, 6) is 1.14. The van der Waals surface area contributed by atoms with Crippen molar-refractivity contribution < 1.29 is 4.74 Å². The van der Waals surface area contributed by atoms with Crippen LogP contribution in [-0.4, -0.2) is 17.3 Å². The lowest BCUT2D eigenvalue weighted by Gasteiger charge is -2.13. The van der Waals surface area contributed by atoms with Gasteiger partial charge in [-0.15, -0.1) is 0 Å². The van der Waals surface area contributed by atoms with E-state index in [2.05, 4.69) is 24.0 Å². The van der Waals surface area contributed by atoms with Crippen LogP contribution in [0.15, 0.2) is 18.2 Å². The first-order valence-electron chi connectivity index (χ1n) is 5.41. The van der Waals surface area contributed by atoms with E-state index in [1.165, 1.54) is 0 Å². The van der Waals surface area contributed by atoms with Crippen molar-refractivity contribution in [2.24, 2.45) is 11.7 Å². The van der Waals surface area contributed by atoms with Gasteiger partial charge in [-0.3, -0.25) is 5.10 Å². The first-order valence-corrected chi connectivity index (χ1v) is 5.41. The van der Waals surface area contributed by atoms with Gasteiger partial charge in [-0.1, -0.05) is 26.0 Å². The molecule has 0 bridgehead atoms. The van der Waals surface area contributed by atoms with Crippen molar-refractivity contribution in [3.8, 4) is 5.75 Å². The van der Waals surface area contributed by atoms with Crippen LogP contribution in [0.3, 0.4) is 0 Å². The van der Waals surface area contributed by atoms with Gasteiger partial charge in [0.15, 0.2) is 0 Å². The molecule has 0 amide bonds. The minimum Gasteiger partial charge on any atom is -0.494 e. The largest absolute Gasteiger partial charge is 0.494 e. The number of rotatable bonds is 3. The van der Waals surface area contributed by atoms with Crippen LogP contribution in [0.1, 0.15) is 25.6 Å². The molecule has 1 aromatic heterocycles. The average Bonchev–Trinajstić information content (AvgIpc) is 2.71. The molecule has 1 unspecified atom stereocenters. The zero-order chi connectivity index (χ0) is 11.7. The second-order valence-corrected chi connectivity index (χ2v) is 4.26. The molecule has 2 rings (SSSR count). The molecule has 4 heteroatoms. The van der Waals surface area contributed by atoms with E-state index in [-0.39, 0.29) is 6.04 Å². The predicted molar refractivity (Wildman–Crippen MR) is 64.4 cm³/mol. The minimum atomic E-state index is -0.0305. The molecule has 4 nitrogen and oxygen atoms in total. The fourth-order valence-electron chi connectivity index (χ4n) is 1.78. The van der Waals surface area contributed by atoms with E-state index in [1.807, 2.05) is 18.2 Å². The topological polar surface area (TPSA) is 63.9 Å². The number of benzene rings is 1. The Morgan fingerprint density at radius 1 is 1.38 bits per heavy atom. The first-order chi connectivity index (χ1) is 7.65. The molecule has 0 saturated carbocycles. The number of aromatic nitrogens is 2. The van der Waals surface area contributed by atoms with Gasteiger partial charge < -0.3 is 10.5 Å². The van der Waals surface area contributed by atoms with Gasteiger partial charge in [0.25, 0.3) is 0 Å². The highest BCUT2D eigenvalue weighted by molar-refractivity contribution is 5.87. The normalized spacial score (nSPS) is 13.3. The number of aromatic amines is 1. The van der Waals surface area contributed by atoms with E-state index in [0.29, 0.717) is 5.92 Å². The zero-order valence-electron chi connectivity index (χ0n) is 9.82. The van der Waals surface area contributed by atoms with Crippen LogP contribution in [0.4, 0.5) is 0 Å². The molecule has 0 saturated heterocycles. The molecular formula is C12H17N3O. The summed E-state index contributed by atoms with van der Waals surface area (Å²) in [5, 5.41) is 8.32. The summed E-state index contributed by atoms with van der Waals surface area (Å²) in [4.78, 5) is 0. The van der Waals surface area contributed by atoms with Crippen LogP contribution in [0.5, 0.6) is 5.75 Å². The average molecular weight is 219 g/mol. The van der Waals surface area contributed by atoms with Gasteiger partial charge in [0.1, 0.15) is 11.3 Å². The van der Waals surface area contributed by atoms with Crippen LogP contribution < -0.4 is 10.5 Å². The van der Waals surface area contributed by atoms with Crippen LogP contribution >= 0.6 is 0 Å². The zero-order valence-corrected chi connectivity index (χ0v) is 9.82. The highest BCUT2D eigenvalue weighted by Crippen LogP contribution is 2.29. The van der Waals surface area contributed by atoms with Crippen LogP contribution in [0.25, 0.3) is 10.9 Å². The van der Waals surface area contributed by atoms with Crippen molar-refractivity contribution in [2.45, 2.75) is 19.9 Å². The highest BCUT2D eigenvalue weighted by Gasteiger charge is 2.17.